The molecule has 5 heteroatoms. The molecule has 34 heavy (non-hydrogen) atoms. The molecule has 0 spiro atoms. The Labute approximate surface area is 212 Å². The van der Waals surface area contributed by atoms with Gasteiger partial charge in [0.05, 0.1) is 0 Å². The highest BCUT2D eigenvalue weighted by molar-refractivity contribution is 5.99. The summed E-state index contributed by atoms with van der Waals surface area (Å²) < 4.78 is 0. The van der Waals surface area contributed by atoms with Crippen LogP contribution in [0.2, 0.25) is 0 Å². The summed E-state index contributed by atoms with van der Waals surface area (Å²) in [5.41, 5.74) is 0.659. The predicted molar refractivity (Wildman–Crippen MR) is 151 cm³/mol. The van der Waals surface area contributed by atoms with Gasteiger partial charge in [-0.15, -0.1) is 0 Å². The molecule has 0 fully saturated rings. The number of unbranched alkanes of at least 4 members (excludes halogenated alkanes) is 3. The Kier molecular flexibility index (Phi) is 16.3. The van der Waals surface area contributed by atoms with Crippen LogP contribution in [0.25, 0.3) is 0 Å². The van der Waals surface area contributed by atoms with Gasteiger partial charge in [0.15, 0.2) is 5.78 Å². The minimum Gasteiger partial charge on any atom is -0.340 e. The lowest BCUT2D eigenvalue weighted by Crippen LogP contribution is -2.47. The number of aliphatic imine (C=N–C) groups is 2. The fraction of sp³-hybridized carbons (Fsp3) is 0.828. The molecule has 0 heterocycles. The zero-order valence-corrected chi connectivity index (χ0v) is 24.2. The second-order valence-electron chi connectivity index (χ2n) is 10.4. The number of rotatable bonds is 18. The molecule has 0 rings (SSSR count). The van der Waals surface area contributed by atoms with Crippen molar-refractivity contribution in [2.45, 2.75) is 126 Å². The van der Waals surface area contributed by atoms with Crippen molar-refractivity contribution in [2.24, 2.45) is 15.4 Å². The SMILES string of the molecule is C=N/C(=N\C=C(/CC)C(=O)C(C)(CCCC)CCCCC)N(CC)CCN(CC)C(C)(C)CC. The van der Waals surface area contributed by atoms with Gasteiger partial charge < -0.3 is 4.90 Å². The van der Waals surface area contributed by atoms with Gasteiger partial charge in [0.1, 0.15) is 0 Å². The topological polar surface area (TPSA) is 48.3 Å². The molecule has 0 N–H and O–H groups in total. The van der Waals surface area contributed by atoms with Crippen LogP contribution in [0.5, 0.6) is 0 Å². The van der Waals surface area contributed by atoms with Crippen molar-refractivity contribution in [2.75, 3.05) is 26.2 Å². The molecule has 198 valence electrons. The molecule has 1 unspecified atom stereocenters. The maximum Gasteiger partial charge on any atom is 0.224 e. The van der Waals surface area contributed by atoms with Gasteiger partial charge in [-0.1, -0.05) is 73.6 Å². The second-order valence-corrected chi connectivity index (χ2v) is 10.4. The van der Waals surface area contributed by atoms with E-state index in [-0.39, 0.29) is 16.7 Å². The van der Waals surface area contributed by atoms with Gasteiger partial charge in [-0.2, -0.15) is 0 Å². The van der Waals surface area contributed by atoms with E-state index in [1.54, 1.807) is 6.20 Å². The van der Waals surface area contributed by atoms with Crippen LogP contribution < -0.4 is 0 Å². The number of nitrogens with zero attached hydrogens (tertiary/aromatic N) is 4. The minimum atomic E-state index is -0.303. The van der Waals surface area contributed by atoms with Crippen LogP contribution in [0.3, 0.4) is 0 Å². The summed E-state index contributed by atoms with van der Waals surface area (Å²) in [5, 5.41) is 0. The van der Waals surface area contributed by atoms with E-state index in [0.29, 0.717) is 12.4 Å². The lowest BCUT2D eigenvalue weighted by atomic mass is 9.74. The summed E-state index contributed by atoms with van der Waals surface area (Å²) in [4.78, 5) is 27.2. The molecular weight excluding hydrogens is 420 g/mol. The van der Waals surface area contributed by atoms with Crippen LogP contribution in [-0.4, -0.2) is 60.0 Å². The van der Waals surface area contributed by atoms with Crippen molar-refractivity contribution in [3.05, 3.63) is 11.8 Å². The molecular formula is C29H56N4O. The molecule has 1 atom stereocenters. The van der Waals surface area contributed by atoms with Gasteiger partial charge >= 0.3 is 0 Å². The highest BCUT2D eigenvalue weighted by Gasteiger charge is 2.33. The van der Waals surface area contributed by atoms with Gasteiger partial charge in [0, 0.05) is 42.4 Å². The smallest absolute Gasteiger partial charge is 0.224 e. The summed E-state index contributed by atoms with van der Waals surface area (Å²) in [7, 11) is 0. The van der Waals surface area contributed by atoms with Gasteiger partial charge in [-0.25, -0.2) is 9.98 Å². The van der Waals surface area contributed by atoms with E-state index in [1.165, 1.54) is 12.8 Å². The zero-order valence-electron chi connectivity index (χ0n) is 24.2. The molecule has 0 amide bonds. The molecule has 0 saturated heterocycles. The number of Topliss-reactive ketones (excluding diaryl/α,β-unsaturated/α-hetero) is 1. The first-order chi connectivity index (χ1) is 16.1. The van der Waals surface area contributed by atoms with E-state index < -0.39 is 0 Å². The van der Waals surface area contributed by atoms with Crippen LogP contribution >= 0.6 is 0 Å². The van der Waals surface area contributed by atoms with Crippen LogP contribution in [0.4, 0.5) is 0 Å². The zero-order chi connectivity index (χ0) is 26.2. The number of hydrogen-bond donors (Lipinski definition) is 0. The lowest BCUT2D eigenvalue weighted by molar-refractivity contribution is -0.125. The van der Waals surface area contributed by atoms with Gasteiger partial charge in [-0.05, 0) is 59.7 Å². The number of allylic oxidation sites excluding steroid dienone is 1. The van der Waals surface area contributed by atoms with E-state index in [4.69, 9.17) is 4.99 Å². The number of likely N-dealkylation sites (N-methyl/N-ethyl adjacent to an activating group) is 2. The van der Waals surface area contributed by atoms with E-state index in [0.717, 1.165) is 70.3 Å². The average molecular weight is 477 g/mol. The van der Waals surface area contributed by atoms with Crippen molar-refractivity contribution in [1.29, 1.82) is 0 Å². The van der Waals surface area contributed by atoms with Gasteiger partial charge in [0.25, 0.3) is 0 Å². The van der Waals surface area contributed by atoms with Crippen LogP contribution in [-0.2, 0) is 4.79 Å². The average Bonchev–Trinajstić information content (AvgIpc) is 2.83. The standard InChI is InChI=1S/C29H56N4O/c1-11-17-19-21-29(9,20-18-12-2)26(34)25(13-3)24-31-27(30-10)32(15-5)22-23-33(16-6)28(7,8)14-4/h24H,10-23H2,1-9H3/b25-24+,31-27+. The number of ketones is 1. The third kappa shape index (κ3) is 10.4. The molecule has 5 nitrogen and oxygen atoms in total. The van der Waals surface area contributed by atoms with Crippen LogP contribution in [0, 0.1) is 5.41 Å². The number of carbonyl (C=O) groups excluding carboxylic acids is 1. The fourth-order valence-electron chi connectivity index (χ4n) is 4.49. The molecule has 0 aliphatic carbocycles. The van der Waals surface area contributed by atoms with Gasteiger partial charge in [0.2, 0.25) is 5.96 Å². The largest absolute Gasteiger partial charge is 0.340 e. The number of hydrogen-bond acceptors (Lipinski definition) is 3. The molecule has 0 aromatic carbocycles. The Morgan fingerprint density at radius 2 is 1.50 bits per heavy atom. The third-order valence-corrected chi connectivity index (χ3v) is 7.52. The van der Waals surface area contributed by atoms with Crippen molar-refractivity contribution in [3.8, 4) is 0 Å². The summed E-state index contributed by atoms with van der Waals surface area (Å²) in [5.74, 6) is 0.865. The van der Waals surface area contributed by atoms with E-state index in [1.807, 2.05) is 0 Å². The van der Waals surface area contributed by atoms with E-state index in [9.17, 15) is 4.79 Å². The molecule has 0 aliphatic heterocycles. The highest BCUT2D eigenvalue weighted by Crippen LogP contribution is 2.35. The van der Waals surface area contributed by atoms with Crippen LogP contribution in [0.15, 0.2) is 21.8 Å². The molecule has 0 radical (unpaired) electrons. The first-order valence-corrected chi connectivity index (χ1v) is 13.9. The molecule has 0 bridgehead atoms. The third-order valence-electron chi connectivity index (χ3n) is 7.52. The normalized spacial score (nSPS) is 14.9. The van der Waals surface area contributed by atoms with E-state index >= 15 is 0 Å². The molecule has 0 aromatic heterocycles. The monoisotopic (exact) mass is 476 g/mol. The number of guanidine groups is 1. The summed E-state index contributed by atoms with van der Waals surface area (Å²) >= 11 is 0. The fourth-order valence-corrected chi connectivity index (χ4v) is 4.49. The van der Waals surface area contributed by atoms with Crippen molar-refractivity contribution < 1.29 is 4.79 Å². The molecule has 0 aliphatic rings. The van der Waals surface area contributed by atoms with Gasteiger partial charge in [-0.3, -0.25) is 9.69 Å². The summed E-state index contributed by atoms with van der Waals surface area (Å²) in [6.45, 7) is 27.1. The Bertz CT molecular complexity index is 653. The van der Waals surface area contributed by atoms with Crippen molar-refractivity contribution in [1.82, 2.24) is 9.80 Å². The van der Waals surface area contributed by atoms with Crippen molar-refractivity contribution in [3.63, 3.8) is 0 Å². The second kappa shape index (κ2) is 17.0. The Hall–Kier alpha value is -1.49. The summed E-state index contributed by atoms with van der Waals surface area (Å²) in [6, 6.07) is 0. The Morgan fingerprint density at radius 1 is 0.882 bits per heavy atom. The minimum absolute atomic E-state index is 0.162. The van der Waals surface area contributed by atoms with Crippen LogP contribution in [0.1, 0.15) is 120 Å². The quantitative estimate of drug-likeness (QED) is 0.0889. The molecule has 0 saturated carbocycles. The maximum atomic E-state index is 13.6. The first-order valence-electron chi connectivity index (χ1n) is 13.9. The molecule has 0 aromatic rings. The highest BCUT2D eigenvalue weighted by atomic mass is 16.1. The predicted octanol–water partition coefficient (Wildman–Crippen LogP) is 7.52. The van der Waals surface area contributed by atoms with E-state index in [2.05, 4.69) is 83.8 Å². The Morgan fingerprint density at radius 3 is 1.97 bits per heavy atom. The summed E-state index contributed by atoms with van der Waals surface area (Å²) in [6.07, 6.45) is 11.1. The lowest BCUT2D eigenvalue weighted by Gasteiger charge is -2.38. The first kappa shape index (κ1) is 32.5. The Balaban J connectivity index is 5.72. The maximum absolute atomic E-state index is 13.6. The number of carbonyl (C=O) groups is 1. The van der Waals surface area contributed by atoms with Crippen molar-refractivity contribution >= 4 is 18.5 Å².